The average molecular weight is 719 g/mol. The Bertz CT molecular complexity index is 1960. The molecule has 4 aromatic rings. The van der Waals surface area contributed by atoms with Gasteiger partial charge < -0.3 is 20.1 Å². The summed E-state index contributed by atoms with van der Waals surface area (Å²) < 4.78 is 6.98. The summed E-state index contributed by atoms with van der Waals surface area (Å²) in [6, 6.07) is 19.3. The maximum atomic E-state index is 14.1. The number of ether oxygens (including phenoxy) is 1. The highest BCUT2D eigenvalue weighted by molar-refractivity contribution is 9.10. The molecule has 1 saturated heterocycles. The van der Waals surface area contributed by atoms with Crippen LogP contribution in [0.5, 0.6) is 11.5 Å². The molecule has 9 nitrogen and oxygen atoms in total. The maximum absolute atomic E-state index is 14.1. The molecular weight excluding hydrogens is 690 g/mol. The van der Waals surface area contributed by atoms with Crippen LogP contribution in [0.1, 0.15) is 28.3 Å². The molecule has 46 heavy (non-hydrogen) atoms. The molecule has 3 fully saturated rings. The van der Waals surface area contributed by atoms with Crippen LogP contribution in [-0.2, 0) is 14.4 Å². The van der Waals surface area contributed by atoms with Gasteiger partial charge in [0.05, 0.1) is 22.5 Å². The smallest absolute Gasteiger partial charge is 0.305 e. The molecule has 2 aliphatic carbocycles. The number of hydrogen-bond acceptors (Lipinski definition) is 8. The Morgan fingerprint density at radius 3 is 2.48 bits per heavy atom. The van der Waals surface area contributed by atoms with Crippen molar-refractivity contribution >= 4 is 68.1 Å². The number of imide groups is 1. The van der Waals surface area contributed by atoms with Crippen LogP contribution in [0.15, 0.2) is 81.0 Å². The first-order valence-corrected chi connectivity index (χ1v) is 17.5. The maximum Gasteiger partial charge on any atom is 0.305 e. The first kappa shape index (κ1) is 29.5. The number of carbonyl (C=O) groups is 3. The van der Waals surface area contributed by atoms with Crippen molar-refractivity contribution in [2.45, 2.75) is 29.5 Å². The van der Waals surface area contributed by atoms with Gasteiger partial charge in [-0.05, 0) is 85.7 Å². The van der Waals surface area contributed by atoms with E-state index in [2.05, 4.69) is 26.2 Å². The molecule has 4 aliphatic rings. The summed E-state index contributed by atoms with van der Waals surface area (Å²) in [5.74, 6) is -1.19. The fourth-order valence-electron chi connectivity index (χ4n) is 8.09. The van der Waals surface area contributed by atoms with Gasteiger partial charge >= 0.3 is 4.87 Å². The van der Waals surface area contributed by atoms with Gasteiger partial charge in [0.15, 0.2) is 6.61 Å². The van der Waals surface area contributed by atoms with Gasteiger partial charge in [0.1, 0.15) is 11.5 Å². The predicted octanol–water partition coefficient (Wildman–Crippen LogP) is 5.91. The summed E-state index contributed by atoms with van der Waals surface area (Å²) in [5, 5.41) is 13.1. The zero-order valence-corrected chi connectivity index (χ0v) is 27.7. The molecule has 0 radical (unpaired) electrons. The molecule has 3 N–H and O–H groups in total. The third-order valence-electron chi connectivity index (χ3n) is 9.83. The minimum Gasteiger partial charge on any atom is -0.508 e. The number of H-pyrrole nitrogens is 1. The minimum absolute atomic E-state index is 0.0106. The van der Waals surface area contributed by atoms with Crippen LogP contribution in [0.25, 0.3) is 0 Å². The van der Waals surface area contributed by atoms with Crippen LogP contribution in [0, 0.1) is 36.5 Å². The number of thioether (sulfide) groups is 1. The lowest BCUT2D eigenvalue weighted by Gasteiger charge is -2.43. The first-order valence-electron chi connectivity index (χ1n) is 15.0. The van der Waals surface area contributed by atoms with Crippen molar-refractivity contribution in [3.8, 4) is 11.5 Å². The molecule has 2 bridgehead atoms. The van der Waals surface area contributed by atoms with Gasteiger partial charge in [0.25, 0.3) is 5.91 Å². The highest BCUT2D eigenvalue weighted by atomic mass is 79.9. The number of carbonyl (C=O) groups excluding carboxylic acids is 3. The van der Waals surface area contributed by atoms with Crippen LogP contribution < -0.4 is 19.8 Å². The van der Waals surface area contributed by atoms with Gasteiger partial charge in [-0.25, -0.2) is 0 Å². The number of nitrogens with zero attached hydrogens (tertiary/aromatic N) is 1. The molecule has 3 aromatic carbocycles. The Balaban J connectivity index is 1.14. The van der Waals surface area contributed by atoms with Gasteiger partial charge in [0, 0.05) is 31.8 Å². The van der Waals surface area contributed by atoms with Gasteiger partial charge in [-0.1, -0.05) is 45.0 Å². The molecule has 0 spiro atoms. The second-order valence-corrected chi connectivity index (χ2v) is 15.5. The SMILES string of the molecule is Cc1ccc(N2C(=O)C3C(C2=O)[C@@H]2C[C@H]3C3Sc4[nH]c(=O)sc4[C@H](c4cc(Br)ccc4OCC(=O)Nc4ccc(O)cc4)C32)cc1. The minimum atomic E-state index is -0.423. The lowest BCUT2D eigenvalue weighted by Crippen LogP contribution is -2.42. The molecule has 3 heterocycles. The number of aryl methyl sites for hydroxylation is 1. The van der Waals surface area contributed by atoms with Gasteiger partial charge in [-0.2, -0.15) is 0 Å². The number of nitrogens with one attached hydrogen (secondary N) is 2. The molecule has 7 atom stereocenters. The van der Waals surface area contributed by atoms with Crippen LogP contribution in [0.2, 0.25) is 0 Å². The molecule has 12 heteroatoms. The largest absolute Gasteiger partial charge is 0.508 e. The van der Waals surface area contributed by atoms with Crippen molar-refractivity contribution in [1.82, 2.24) is 4.98 Å². The lowest BCUT2D eigenvalue weighted by atomic mass is 9.68. The number of aromatic hydroxyl groups is 1. The first-order chi connectivity index (χ1) is 22.2. The highest BCUT2D eigenvalue weighted by Crippen LogP contribution is 2.69. The Kier molecular flexibility index (Phi) is 7.15. The Labute approximate surface area is 280 Å². The summed E-state index contributed by atoms with van der Waals surface area (Å²) in [7, 11) is 0. The summed E-state index contributed by atoms with van der Waals surface area (Å²) in [5.41, 5.74) is 3.02. The number of phenolic OH excluding ortho intramolecular Hbond substituents is 1. The molecule has 2 aliphatic heterocycles. The molecule has 3 amide bonds. The third-order valence-corrected chi connectivity index (χ3v) is 12.9. The quantitative estimate of drug-likeness (QED) is 0.167. The summed E-state index contributed by atoms with van der Waals surface area (Å²) in [4.78, 5) is 58.7. The van der Waals surface area contributed by atoms with E-state index in [1.54, 1.807) is 23.9 Å². The van der Waals surface area contributed by atoms with Crippen molar-refractivity contribution in [3.05, 3.63) is 96.9 Å². The number of thiazole rings is 1. The van der Waals surface area contributed by atoms with E-state index in [0.29, 0.717) is 17.1 Å². The number of aromatic nitrogens is 1. The third kappa shape index (κ3) is 4.72. The number of benzene rings is 3. The van der Waals surface area contributed by atoms with E-state index in [9.17, 15) is 24.3 Å². The summed E-state index contributed by atoms with van der Waals surface area (Å²) >= 11 is 6.42. The average Bonchev–Trinajstić information content (AvgIpc) is 3.77. The summed E-state index contributed by atoms with van der Waals surface area (Å²) in [6.07, 6.45) is 0.770. The predicted molar refractivity (Wildman–Crippen MR) is 179 cm³/mol. The number of aromatic amines is 1. The van der Waals surface area contributed by atoms with Gasteiger partial charge in [-0.3, -0.25) is 24.1 Å². The zero-order valence-electron chi connectivity index (χ0n) is 24.4. The van der Waals surface area contributed by atoms with Crippen molar-refractivity contribution in [1.29, 1.82) is 0 Å². The zero-order chi connectivity index (χ0) is 31.9. The van der Waals surface area contributed by atoms with Crippen LogP contribution in [-0.4, -0.2) is 39.7 Å². The second-order valence-electron chi connectivity index (χ2n) is 12.4. The topological polar surface area (TPSA) is 129 Å². The van der Waals surface area contributed by atoms with E-state index in [1.807, 2.05) is 49.4 Å². The molecule has 4 unspecified atom stereocenters. The van der Waals surface area contributed by atoms with Gasteiger partial charge in [-0.15, -0.1) is 11.8 Å². The standard InChI is InChI=1S/C34H28BrN3O6S2/c1-15-2-7-18(8-3-15)38-32(41)27-21-13-22(28(27)33(38)42)29-26(21)25(30-31(45-29)37-34(43)46-30)20-12-16(35)4-11-23(20)44-14-24(40)36-17-5-9-19(39)10-6-17/h2-12,21-22,25-29,39H,13-14H2,1H3,(H,36,40)(H,37,43)/t21-,22-,25-,26?,27?,28?,29?/m1/s1. The number of hydrogen-bond donors (Lipinski definition) is 3. The number of halogens is 1. The van der Waals surface area contributed by atoms with Gasteiger partial charge in [0.2, 0.25) is 11.8 Å². The van der Waals surface area contributed by atoms with Crippen LogP contribution >= 0.6 is 39.0 Å². The number of anilines is 2. The van der Waals surface area contributed by atoms with Crippen LogP contribution in [0.3, 0.4) is 0 Å². The number of phenols is 1. The number of fused-ring (bicyclic) bond motifs is 9. The van der Waals surface area contributed by atoms with Crippen molar-refractivity contribution in [2.75, 3.05) is 16.8 Å². The number of rotatable bonds is 6. The van der Waals surface area contributed by atoms with E-state index in [1.165, 1.54) is 28.4 Å². The Morgan fingerprint density at radius 1 is 1.02 bits per heavy atom. The second kappa shape index (κ2) is 11.1. The summed E-state index contributed by atoms with van der Waals surface area (Å²) in [6.45, 7) is 1.72. The van der Waals surface area contributed by atoms with Crippen molar-refractivity contribution in [3.63, 3.8) is 0 Å². The molecule has 234 valence electrons. The van der Waals surface area contributed by atoms with E-state index >= 15 is 0 Å². The van der Waals surface area contributed by atoms with E-state index in [0.717, 1.165) is 31.9 Å². The van der Waals surface area contributed by atoms with E-state index in [4.69, 9.17) is 4.74 Å². The van der Waals surface area contributed by atoms with E-state index in [-0.39, 0.29) is 69.8 Å². The van der Waals surface area contributed by atoms with Crippen molar-refractivity contribution < 1.29 is 24.2 Å². The fourth-order valence-corrected chi connectivity index (χ4v) is 11.4. The molecule has 1 aromatic heterocycles. The lowest BCUT2D eigenvalue weighted by molar-refractivity contribution is -0.123. The number of amides is 3. The monoisotopic (exact) mass is 717 g/mol. The fraction of sp³-hybridized carbons (Fsp3) is 0.294. The Morgan fingerprint density at radius 2 is 1.74 bits per heavy atom. The molecule has 8 rings (SSSR count). The molecular formula is C34H28BrN3O6S2. The normalized spacial score (nSPS) is 27.3. The molecule has 2 saturated carbocycles. The highest BCUT2D eigenvalue weighted by Gasteiger charge is 2.69. The van der Waals surface area contributed by atoms with E-state index < -0.39 is 5.92 Å². The Hall–Kier alpha value is -3.87. The van der Waals surface area contributed by atoms with Crippen molar-refractivity contribution in [2.24, 2.45) is 29.6 Å². The van der Waals surface area contributed by atoms with Crippen LogP contribution in [0.4, 0.5) is 11.4 Å².